The van der Waals surface area contributed by atoms with E-state index in [9.17, 15) is 9.59 Å². The largest absolute Gasteiger partial charge is 0.339 e. The van der Waals surface area contributed by atoms with E-state index >= 15 is 0 Å². The maximum absolute atomic E-state index is 12.8. The molecule has 2 unspecified atom stereocenters. The first-order valence-electron chi connectivity index (χ1n) is 9.79. The number of carbonyl (C=O) groups is 2. The Hall–Kier alpha value is -2.24. The lowest BCUT2D eigenvalue weighted by Crippen LogP contribution is -2.52. The Morgan fingerprint density at radius 3 is 2.34 bits per heavy atom. The maximum atomic E-state index is 12.8. The zero-order valence-electron chi connectivity index (χ0n) is 16.2. The summed E-state index contributed by atoms with van der Waals surface area (Å²) >= 11 is 12.4. The number of benzene rings is 2. The maximum Gasteiger partial charge on any atom is 0.321 e. The molecule has 29 heavy (non-hydrogen) atoms. The molecular formula is C22H23Cl2N3O2. The molecule has 1 heterocycles. The highest BCUT2D eigenvalue weighted by molar-refractivity contribution is 6.31. The summed E-state index contributed by atoms with van der Waals surface area (Å²) in [7, 11) is 0. The van der Waals surface area contributed by atoms with Crippen molar-refractivity contribution in [2.45, 2.75) is 19.3 Å². The second kappa shape index (κ2) is 8.25. The quantitative estimate of drug-likeness (QED) is 0.759. The molecule has 0 aromatic heterocycles. The Morgan fingerprint density at radius 1 is 0.966 bits per heavy atom. The SMILES string of the molecule is Cc1ccc(NC(=O)N2CCN(C(=O)C3CC3c3ccccc3Cl)CC2)cc1Cl. The third kappa shape index (κ3) is 4.36. The normalized spacial score (nSPS) is 21.1. The van der Waals surface area contributed by atoms with E-state index in [4.69, 9.17) is 23.2 Å². The zero-order valence-corrected chi connectivity index (χ0v) is 17.7. The van der Waals surface area contributed by atoms with E-state index in [1.165, 1.54) is 0 Å². The molecule has 0 radical (unpaired) electrons. The number of nitrogens with one attached hydrogen (secondary N) is 1. The fourth-order valence-electron chi connectivity index (χ4n) is 3.83. The van der Waals surface area contributed by atoms with Crippen LogP contribution in [0.2, 0.25) is 10.0 Å². The molecule has 1 saturated heterocycles. The van der Waals surface area contributed by atoms with Gasteiger partial charge in [0.1, 0.15) is 0 Å². The fourth-order valence-corrected chi connectivity index (χ4v) is 4.28. The molecule has 7 heteroatoms. The molecule has 2 aromatic carbocycles. The van der Waals surface area contributed by atoms with Crippen molar-refractivity contribution in [3.63, 3.8) is 0 Å². The number of aryl methyl sites for hydroxylation is 1. The Morgan fingerprint density at radius 2 is 1.66 bits per heavy atom. The number of carbonyl (C=O) groups excluding carboxylic acids is 2. The highest BCUT2D eigenvalue weighted by Crippen LogP contribution is 2.50. The second-order valence-electron chi connectivity index (χ2n) is 7.68. The summed E-state index contributed by atoms with van der Waals surface area (Å²) in [5.41, 5.74) is 2.69. The van der Waals surface area contributed by atoms with Gasteiger partial charge in [-0.1, -0.05) is 47.5 Å². The third-order valence-electron chi connectivity index (χ3n) is 5.71. The molecule has 2 aromatic rings. The number of nitrogens with zero attached hydrogens (tertiary/aromatic N) is 2. The molecule has 0 bridgehead atoms. The number of hydrogen-bond donors (Lipinski definition) is 1. The van der Waals surface area contributed by atoms with E-state index in [2.05, 4.69) is 5.32 Å². The molecule has 152 valence electrons. The Balaban J connectivity index is 1.29. The van der Waals surface area contributed by atoms with Crippen molar-refractivity contribution in [2.75, 3.05) is 31.5 Å². The van der Waals surface area contributed by atoms with Crippen molar-refractivity contribution < 1.29 is 9.59 Å². The molecule has 4 rings (SSSR count). The van der Waals surface area contributed by atoms with E-state index in [1.54, 1.807) is 11.0 Å². The third-order valence-corrected chi connectivity index (χ3v) is 6.47. The first-order valence-corrected chi connectivity index (χ1v) is 10.5. The van der Waals surface area contributed by atoms with Crippen molar-refractivity contribution in [2.24, 2.45) is 5.92 Å². The minimum atomic E-state index is -0.169. The highest BCUT2D eigenvalue weighted by Gasteiger charge is 2.46. The van der Waals surface area contributed by atoms with Gasteiger partial charge in [0.2, 0.25) is 5.91 Å². The van der Waals surface area contributed by atoms with E-state index < -0.39 is 0 Å². The van der Waals surface area contributed by atoms with Gasteiger partial charge < -0.3 is 15.1 Å². The van der Waals surface area contributed by atoms with Gasteiger partial charge >= 0.3 is 6.03 Å². The van der Waals surface area contributed by atoms with Crippen LogP contribution in [0.1, 0.15) is 23.5 Å². The summed E-state index contributed by atoms with van der Waals surface area (Å²) in [6.45, 7) is 4.04. The van der Waals surface area contributed by atoms with Gasteiger partial charge in [0, 0.05) is 47.8 Å². The summed E-state index contributed by atoms with van der Waals surface area (Å²) < 4.78 is 0. The van der Waals surface area contributed by atoms with Gasteiger partial charge in [0.25, 0.3) is 0 Å². The van der Waals surface area contributed by atoms with Crippen LogP contribution in [-0.4, -0.2) is 47.9 Å². The van der Waals surface area contributed by atoms with E-state index in [-0.39, 0.29) is 23.8 Å². The van der Waals surface area contributed by atoms with Crippen molar-refractivity contribution in [1.82, 2.24) is 9.80 Å². The number of halogens is 2. The lowest BCUT2D eigenvalue weighted by Gasteiger charge is -2.35. The van der Waals surface area contributed by atoms with Crippen LogP contribution >= 0.6 is 23.2 Å². The summed E-state index contributed by atoms with van der Waals surface area (Å²) in [6, 6.07) is 13.0. The molecule has 1 N–H and O–H groups in total. The first-order chi connectivity index (χ1) is 13.9. The van der Waals surface area contributed by atoms with E-state index in [0.29, 0.717) is 36.9 Å². The highest BCUT2D eigenvalue weighted by atomic mass is 35.5. The summed E-state index contributed by atoms with van der Waals surface area (Å²) in [5, 5.41) is 4.23. The van der Waals surface area contributed by atoms with Gasteiger partial charge in [0.05, 0.1) is 0 Å². The zero-order chi connectivity index (χ0) is 20.5. The van der Waals surface area contributed by atoms with Crippen molar-refractivity contribution in [3.8, 4) is 0 Å². The molecule has 5 nitrogen and oxygen atoms in total. The predicted molar refractivity (Wildman–Crippen MR) is 116 cm³/mol. The molecule has 2 atom stereocenters. The predicted octanol–water partition coefficient (Wildman–Crippen LogP) is 4.78. The molecule has 3 amide bonds. The van der Waals surface area contributed by atoms with Gasteiger partial charge in [-0.15, -0.1) is 0 Å². The topological polar surface area (TPSA) is 52.7 Å². The van der Waals surface area contributed by atoms with Crippen LogP contribution < -0.4 is 5.32 Å². The average Bonchev–Trinajstić information content (AvgIpc) is 3.51. The van der Waals surface area contributed by atoms with E-state index in [0.717, 1.165) is 22.6 Å². The molecule has 2 fully saturated rings. The summed E-state index contributed by atoms with van der Waals surface area (Å²) in [5.74, 6) is 0.383. The number of amides is 3. The average molecular weight is 432 g/mol. The minimum absolute atomic E-state index is 0.00461. The van der Waals surface area contributed by atoms with Gasteiger partial charge in [-0.05, 0) is 48.6 Å². The fraction of sp³-hybridized carbons (Fsp3) is 0.364. The van der Waals surface area contributed by atoms with Gasteiger partial charge in [-0.2, -0.15) is 0 Å². The van der Waals surface area contributed by atoms with Gasteiger partial charge in [-0.3, -0.25) is 4.79 Å². The molecular weight excluding hydrogens is 409 g/mol. The second-order valence-corrected chi connectivity index (χ2v) is 8.49. The van der Waals surface area contributed by atoms with Crippen LogP contribution in [0.5, 0.6) is 0 Å². The van der Waals surface area contributed by atoms with Crippen molar-refractivity contribution >= 4 is 40.8 Å². The first kappa shape index (κ1) is 20.0. The number of hydrogen-bond acceptors (Lipinski definition) is 2. The summed E-state index contributed by atoms with van der Waals surface area (Å²) in [6.07, 6.45) is 0.845. The van der Waals surface area contributed by atoms with Crippen molar-refractivity contribution in [1.29, 1.82) is 0 Å². The van der Waals surface area contributed by atoms with Crippen LogP contribution in [0.4, 0.5) is 10.5 Å². The van der Waals surface area contributed by atoms with Crippen LogP contribution in [0.15, 0.2) is 42.5 Å². The lowest BCUT2D eigenvalue weighted by atomic mass is 10.1. The Kier molecular flexibility index (Phi) is 5.70. The molecule has 0 spiro atoms. The Bertz CT molecular complexity index is 941. The van der Waals surface area contributed by atoms with Gasteiger partial charge in [0.15, 0.2) is 0 Å². The van der Waals surface area contributed by atoms with E-state index in [1.807, 2.05) is 48.2 Å². The smallest absolute Gasteiger partial charge is 0.321 e. The van der Waals surface area contributed by atoms with Crippen LogP contribution in [0, 0.1) is 12.8 Å². The molecule has 1 aliphatic carbocycles. The Labute approximate surface area is 180 Å². The molecule has 1 aliphatic heterocycles. The number of piperazine rings is 1. The van der Waals surface area contributed by atoms with Crippen LogP contribution in [0.25, 0.3) is 0 Å². The number of anilines is 1. The summed E-state index contributed by atoms with van der Waals surface area (Å²) in [4.78, 5) is 29.0. The van der Waals surface area contributed by atoms with Crippen LogP contribution in [-0.2, 0) is 4.79 Å². The standard InChI is InChI=1S/C22H23Cl2N3O2/c1-14-6-7-15(12-20(14)24)25-22(29)27-10-8-26(9-11-27)21(28)18-13-17(18)16-4-2-3-5-19(16)23/h2-7,12,17-18H,8-11,13H2,1H3,(H,25,29). The van der Waals surface area contributed by atoms with Crippen LogP contribution in [0.3, 0.4) is 0 Å². The lowest BCUT2D eigenvalue weighted by molar-refractivity contribution is -0.134. The molecule has 1 saturated carbocycles. The van der Waals surface area contributed by atoms with Gasteiger partial charge in [-0.25, -0.2) is 4.79 Å². The monoisotopic (exact) mass is 431 g/mol. The molecule has 2 aliphatic rings. The minimum Gasteiger partial charge on any atom is -0.339 e. The van der Waals surface area contributed by atoms with Crippen molar-refractivity contribution in [3.05, 3.63) is 63.6 Å². The number of urea groups is 1. The number of rotatable bonds is 3.